The largest absolute Gasteiger partial charge is 0.354 e. The van der Waals surface area contributed by atoms with Crippen molar-refractivity contribution in [3.63, 3.8) is 0 Å². The molecule has 0 saturated heterocycles. The van der Waals surface area contributed by atoms with E-state index in [0.29, 0.717) is 17.8 Å². The number of nitrogens with zero attached hydrogens (tertiary/aromatic N) is 4. The van der Waals surface area contributed by atoms with Gasteiger partial charge in [0.2, 0.25) is 17.8 Å². The van der Waals surface area contributed by atoms with Crippen molar-refractivity contribution >= 4 is 29.6 Å². The molecule has 0 unspecified atom stereocenters. The van der Waals surface area contributed by atoms with E-state index in [2.05, 4.69) is 31.8 Å². The monoisotopic (exact) mass is 312 g/mol. The lowest BCUT2D eigenvalue weighted by Gasteiger charge is -2.13. The van der Waals surface area contributed by atoms with Crippen molar-refractivity contribution in [2.75, 3.05) is 54.7 Å². The zero-order valence-electron chi connectivity index (χ0n) is 13.6. The Morgan fingerprint density at radius 1 is 0.952 bits per heavy atom. The van der Waals surface area contributed by atoms with Crippen molar-refractivity contribution in [3.8, 4) is 0 Å². The zero-order chi connectivity index (χ0) is 15.5. The Morgan fingerprint density at radius 2 is 1.62 bits per heavy atom. The van der Waals surface area contributed by atoms with Gasteiger partial charge in [0.15, 0.2) is 0 Å². The molecule has 21 heavy (non-hydrogen) atoms. The molecule has 2 N–H and O–H groups in total. The van der Waals surface area contributed by atoms with Gasteiger partial charge in [-0.1, -0.05) is 12.8 Å². The maximum atomic E-state index is 4.41. The number of hydrogen-bond acceptors (Lipinski definition) is 7. The van der Waals surface area contributed by atoms with Crippen LogP contribution in [0, 0.1) is 0 Å². The van der Waals surface area contributed by atoms with Gasteiger partial charge >= 0.3 is 0 Å². The Morgan fingerprint density at radius 3 is 2.24 bits per heavy atom. The minimum atomic E-state index is 0.624. The highest BCUT2D eigenvalue weighted by molar-refractivity contribution is 7.98. The van der Waals surface area contributed by atoms with Gasteiger partial charge < -0.3 is 15.5 Å². The van der Waals surface area contributed by atoms with E-state index in [9.17, 15) is 0 Å². The van der Waals surface area contributed by atoms with Crippen LogP contribution in [0.1, 0.15) is 32.6 Å². The first-order valence-electron chi connectivity index (χ1n) is 7.57. The summed E-state index contributed by atoms with van der Waals surface area (Å²) in [5.74, 6) is 3.20. The van der Waals surface area contributed by atoms with Crippen LogP contribution in [0.15, 0.2) is 0 Å². The average molecular weight is 312 g/mol. The second-order valence-electron chi connectivity index (χ2n) is 5.04. The molecule has 120 valence electrons. The minimum Gasteiger partial charge on any atom is -0.354 e. The smallest absolute Gasteiger partial charge is 0.231 e. The van der Waals surface area contributed by atoms with Crippen molar-refractivity contribution in [1.82, 2.24) is 15.0 Å². The molecule has 0 bridgehead atoms. The molecule has 0 fully saturated rings. The third-order valence-electron chi connectivity index (χ3n) is 2.92. The number of aromatic nitrogens is 3. The number of rotatable bonds is 11. The highest BCUT2D eigenvalue weighted by Gasteiger charge is 2.07. The average Bonchev–Trinajstić information content (AvgIpc) is 2.46. The molecular weight excluding hydrogens is 284 g/mol. The summed E-state index contributed by atoms with van der Waals surface area (Å²) in [5.41, 5.74) is 0. The summed E-state index contributed by atoms with van der Waals surface area (Å²) in [4.78, 5) is 15.0. The van der Waals surface area contributed by atoms with E-state index in [-0.39, 0.29) is 0 Å². The molecule has 0 atom stereocenters. The Hall–Kier alpha value is -1.24. The van der Waals surface area contributed by atoms with Crippen LogP contribution in [0.5, 0.6) is 0 Å². The van der Waals surface area contributed by atoms with E-state index in [1.165, 1.54) is 25.0 Å². The van der Waals surface area contributed by atoms with E-state index in [4.69, 9.17) is 0 Å². The highest BCUT2D eigenvalue weighted by atomic mass is 32.2. The number of thioether (sulfide) groups is 1. The summed E-state index contributed by atoms with van der Waals surface area (Å²) in [6.07, 6.45) is 7.16. The van der Waals surface area contributed by atoms with Crippen LogP contribution in [0.2, 0.25) is 0 Å². The molecule has 0 aliphatic heterocycles. The number of anilines is 3. The molecule has 0 radical (unpaired) electrons. The molecule has 1 heterocycles. The molecule has 7 heteroatoms. The normalized spacial score (nSPS) is 10.5. The van der Waals surface area contributed by atoms with Crippen LogP contribution in [0.3, 0.4) is 0 Å². The molecule has 0 spiro atoms. The van der Waals surface area contributed by atoms with Crippen LogP contribution in [0.4, 0.5) is 17.8 Å². The Labute approximate surface area is 132 Å². The van der Waals surface area contributed by atoms with Crippen LogP contribution in [-0.2, 0) is 0 Å². The minimum absolute atomic E-state index is 0.624. The number of nitrogens with one attached hydrogen (secondary N) is 2. The summed E-state index contributed by atoms with van der Waals surface area (Å²) in [7, 11) is 3.86. The third-order valence-corrected chi connectivity index (χ3v) is 3.61. The van der Waals surface area contributed by atoms with E-state index >= 15 is 0 Å². The maximum absolute atomic E-state index is 4.41. The van der Waals surface area contributed by atoms with E-state index < -0.39 is 0 Å². The first kappa shape index (κ1) is 17.8. The Balaban J connectivity index is 2.42. The molecule has 6 nitrogen and oxygen atoms in total. The summed E-state index contributed by atoms with van der Waals surface area (Å²) < 4.78 is 0. The van der Waals surface area contributed by atoms with Crippen molar-refractivity contribution in [3.05, 3.63) is 0 Å². The topological polar surface area (TPSA) is 66.0 Å². The first-order valence-corrected chi connectivity index (χ1v) is 8.96. The van der Waals surface area contributed by atoms with Gasteiger partial charge in [-0.05, 0) is 31.8 Å². The maximum Gasteiger partial charge on any atom is 0.231 e. The van der Waals surface area contributed by atoms with Crippen molar-refractivity contribution in [1.29, 1.82) is 0 Å². The molecule has 0 saturated carbocycles. The van der Waals surface area contributed by atoms with Gasteiger partial charge in [0.05, 0.1) is 0 Å². The standard InChI is InChI=1S/C14H28N6S/c1-5-15-12-17-13(19-14(18-12)20(2)3)16-10-8-6-7-9-11-21-4/h5-11H2,1-4H3,(H2,15,16,17,18,19). The predicted octanol–water partition coefficient (Wildman–Crippen LogP) is 2.70. The van der Waals surface area contributed by atoms with Gasteiger partial charge in [-0.3, -0.25) is 0 Å². The van der Waals surface area contributed by atoms with Crippen molar-refractivity contribution < 1.29 is 0 Å². The second kappa shape index (κ2) is 10.5. The van der Waals surface area contributed by atoms with Crippen molar-refractivity contribution in [2.45, 2.75) is 32.6 Å². The fourth-order valence-electron chi connectivity index (χ4n) is 1.81. The molecular formula is C14H28N6S. The molecule has 0 amide bonds. The lowest BCUT2D eigenvalue weighted by molar-refractivity contribution is 0.687. The Kier molecular flexibility index (Phi) is 8.89. The molecule has 0 aromatic carbocycles. The SMILES string of the molecule is CCNc1nc(NCCCCCCSC)nc(N(C)C)n1. The second-order valence-corrected chi connectivity index (χ2v) is 6.03. The number of hydrogen-bond donors (Lipinski definition) is 2. The van der Waals surface area contributed by atoms with Crippen molar-refractivity contribution in [2.24, 2.45) is 0 Å². The quantitative estimate of drug-likeness (QED) is 0.609. The molecule has 1 aromatic heterocycles. The predicted molar refractivity (Wildman–Crippen MR) is 93.7 cm³/mol. The lowest BCUT2D eigenvalue weighted by atomic mass is 10.2. The molecule has 1 aromatic rings. The van der Waals surface area contributed by atoms with Gasteiger partial charge in [0, 0.05) is 27.2 Å². The fraction of sp³-hybridized carbons (Fsp3) is 0.786. The van der Waals surface area contributed by atoms with E-state index in [0.717, 1.165) is 19.5 Å². The Bertz CT molecular complexity index is 399. The highest BCUT2D eigenvalue weighted by Crippen LogP contribution is 2.11. The summed E-state index contributed by atoms with van der Waals surface area (Å²) >= 11 is 1.92. The van der Waals surface area contributed by atoms with Crippen LogP contribution in [0.25, 0.3) is 0 Å². The van der Waals surface area contributed by atoms with Crippen LogP contribution < -0.4 is 15.5 Å². The zero-order valence-corrected chi connectivity index (χ0v) is 14.5. The van der Waals surface area contributed by atoms with E-state index in [1.54, 1.807) is 0 Å². The summed E-state index contributed by atoms with van der Waals surface area (Å²) in [6, 6.07) is 0. The molecule has 0 aliphatic rings. The number of unbranched alkanes of at least 4 members (excludes halogenated alkanes) is 3. The fourth-order valence-corrected chi connectivity index (χ4v) is 2.30. The van der Waals surface area contributed by atoms with E-state index in [1.807, 2.05) is 37.7 Å². The van der Waals surface area contributed by atoms with Gasteiger partial charge in [0.1, 0.15) is 0 Å². The molecule has 0 aliphatic carbocycles. The van der Waals surface area contributed by atoms with Gasteiger partial charge in [0.25, 0.3) is 0 Å². The summed E-state index contributed by atoms with van der Waals surface area (Å²) in [5, 5.41) is 6.43. The summed E-state index contributed by atoms with van der Waals surface area (Å²) in [6.45, 7) is 3.73. The molecule has 1 rings (SSSR count). The van der Waals surface area contributed by atoms with Crippen LogP contribution in [-0.4, -0.2) is 54.1 Å². The van der Waals surface area contributed by atoms with Gasteiger partial charge in [-0.15, -0.1) is 0 Å². The first-order chi connectivity index (χ1) is 10.2. The lowest BCUT2D eigenvalue weighted by Crippen LogP contribution is -2.17. The van der Waals surface area contributed by atoms with Crippen LogP contribution >= 0.6 is 11.8 Å². The third kappa shape index (κ3) is 7.36. The van der Waals surface area contributed by atoms with Gasteiger partial charge in [-0.2, -0.15) is 26.7 Å². The van der Waals surface area contributed by atoms with Gasteiger partial charge in [-0.25, -0.2) is 0 Å².